The molecule has 0 saturated carbocycles. The molecule has 1 aromatic rings. The summed E-state index contributed by atoms with van der Waals surface area (Å²) in [7, 11) is 1.35. The molecule has 0 aliphatic carbocycles. The zero-order valence-corrected chi connectivity index (χ0v) is 13.1. The number of methoxy groups -OCH3 is 1. The number of aryl methyl sites for hydroxylation is 1. The van der Waals surface area contributed by atoms with Crippen LogP contribution in [0.15, 0.2) is 10.5 Å². The van der Waals surface area contributed by atoms with Gasteiger partial charge in [-0.3, -0.25) is 4.90 Å². The number of rotatable bonds is 5. The summed E-state index contributed by atoms with van der Waals surface area (Å²) in [5.74, 6) is 0.641. The first-order valence-corrected chi connectivity index (χ1v) is 7.68. The quantitative estimate of drug-likeness (QED) is 0.845. The van der Waals surface area contributed by atoms with Crippen molar-refractivity contribution in [3.63, 3.8) is 0 Å². The minimum absolute atomic E-state index is 0.180. The Kier molecular flexibility index (Phi) is 5.42. The second kappa shape index (κ2) is 7.09. The Balaban J connectivity index is 2.17. The van der Waals surface area contributed by atoms with Crippen molar-refractivity contribution in [2.75, 3.05) is 13.7 Å². The maximum absolute atomic E-state index is 11.6. The van der Waals surface area contributed by atoms with Crippen molar-refractivity contribution in [2.24, 2.45) is 0 Å². The Morgan fingerprint density at radius 3 is 2.95 bits per heavy atom. The van der Waals surface area contributed by atoms with Gasteiger partial charge < -0.3 is 14.3 Å². The van der Waals surface area contributed by atoms with Crippen molar-refractivity contribution in [3.05, 3.63) is 23.2 Å². The number of carbonyl (C=O) groups excluding carboxylic acids is 1. The van der Waals surface area contributed by atoms with E-state index in [2.05, 4.69) is 4.90 Å². The Bertz CT molecular complexity index is 481. The molecule has 1 fully saturated rings. The molecule has 5 nitrogen and oxygen atoms in total. The minimum Gasteiger partial charge on any atom is -0.463 e. The summed E-state index contributed by atoms with van der Waals surface area (Å²) >= 11 is 0. The number of aliphatic hydroxyl groups excluding tert-OH is 1. The largest absolute Gasteiger partial charge is 0.463 e. The van der Waals surface area contributed by atoms with Gasteiger partial charge in [-0.2, -0.15) is 0 Å². The summed E-state index contributed by atoms with van der Waals surface area (Å²) in [6.45, 7) is 5.53. The average Bonchev–Trinajstić information content (AvgIpc) is 2.89. The first kappa shape index (κ1) is 16.0. The highest BCUT2D eigenvalue weighted by atomic mass is 16.5. The highest BCUT2D eigenvalue weighted by Crippen LogP contribution is 2.25. The van der Waals surface area contributed by atoms with Gasteiger partial charge in [-0.05, 0) is 32.4 Å². The van der Waals surface area contributed by atoms with Crippen molar-refractivity contribution in [3.8, 4) is 0 Å². The highest BCUT2D eigenvalue weighted by molar-refractivity contribution is 5.86. The summed E-state index contributed by atoms with van der Waals surface area (Å²) in [6.07, 6.45) is 3.71. The van der Waals surface area contributed by atoms with E-state index in [1.54, 1.807) is 6.07 Å². The summed E-state index contributed by atoms with van der Waals surface area (Å²) in [5.41, 5.74) is 1.02. The molecule has 1 aromatic heterocycles. The first-order valence-electron chi connectivity index (χ1n) is 7.68. The monoisotopic (exact) mass is 295 g/mol. The molecule has 1 aliphatic heterocycles. The third-order valence-electron chi connectivity index (χ3n) is 4.20. The second-order valence-electron chi connectivity index (χ2n) is 5.68. The SMILES string of the molecule is CCc1oc(C(=O)OC)cc1CN1CCCC[C@H]1[C@@H](C)O. The van der Waals surface area contributed by atoms with E-state index >= 15 is 0 Å². The van der Waals surface area contributed by atoms with Crippen molar-refractivity contribution in [1.82, 2.24) is 4.90 Å². The maximum Gasteiger partial charge on any atom is 0.373 e. The molecule has 1 N–H and O–H groups in total. The maximum atomic E-state index is 11.6. The molecule has 1 saturated heterocycles. The normalized spacial score (nSPS) is 21.2. The molecule has 2 rings (SSSR count). The molecule has 0 aromatic carbocycles. The Morgan fingerprint density at radius 2 is 2.33 bits per heavy atom. The van der Waals surface area contributed by atoms with Crippen LogP contribution in [0.5, 0.6) is 0 Å². The van der Waals surface area contributed by atoms with Gasteiger partial charge in [0.25, 0.3) is 0 Å². The molecule has 21 heavy (non-hydrogen) atoms. The van der Waals surface area contributed by atoms with E-state index in [-0.39, 0.29) is 17.9 Å². The summed E-state index contributed by atoms with van der Waals surface area (Å²) < 4.78 is 10.3. The molecule has 2 heterocycles. The van der Waals surface area contributed by atoms with Crippen molar-refractivity contribution < 1.29 is 19.1 Å². The topological polar surface area (TPSA) is 62.9 Å². The van der Waals surface area contributed by atoms with Crippen LogP contribution < -0.4 is 0 Å². The lowest BCUT2D eigenvalue weighted by molar-refractivity contribution is 0.0314. The van der Waals surface area contributed by atoms with Gasteiger partial charge in [0.15, 0.2) is 0 Å². The Labute approximate surface area is 125 Å². The third-order valence-corrected chi connectivity index (χ3v) is 4.20. The van der Waals surface area contributed by atoms with Crippen LogP contribution in [0.3, 0.4) is 0 Å². The predicted octanol–water partition coefficient (Wildman–Crippen LogP) is 2.36. The van der Waals surface area contributed by atoms with Crippen molar-refractivity contribution >= 4 is 5.97 Å². The van der Waals surface area contributed by atoms with Crippen molar-refractivity contribution in [1.29, 1.82) is 0 Å². The number of aliphatic hydroxyl groups is 1. The summed E-state index contributed by atoms with van der Waals surface area (Å²) in [6, 6.07) is 1.96. The lowest BCUT2D eigenvalue weighted by Crippen LogP contribution is -2.45. The van der Waals surface area contributed by atoms with E-state index in [0.29, 0.717) is 6.54 Å². The third kappa shape index (κ3) is 3.66. The lowest BCUT2D eigenvalue weighted by Gasteiger charge is -2.37. The zero-order chi connectivity index (χ0) is 15.4. The number of furan rings is 1. The van der Waals surface area contributed by atoms with E-state index in [1.165, 1.54) is 7.11 Å². The van der Waals surface area contributed by atoms with Gasteiger partial charge in [0.2, 0.25) is 5.76 Å². The lowest BCUT2D eigenvalue weighted by atomic mass is 9.97. The van der Waals surface area contributed by atoms with E-state index < -0.39 is 5.97 Å². The number of hydrogen-bond acceptors (Lipinski definition) is 5. The van der Waals surface area contributed by atoms with E-state index in [9.17, 15) is 9.90 Å². The molecule has 0 unspecified atom stereocenters. The number of esters is 1. The van der Waals surface area contributed by atoms with E-state index in [0.717, 1.165) is 43.6 Å². The Morgan fingerprint density at radius 1 is 1.57 bits per heavy atom. The number of nitrogens with zero attached hydrogens (tertiary/aromatic N) is 1. The molecule has 0 amide bonds. The predicted molar refractivity (Wildman–Crippen MR) is 79.2 cm³/mol. The van der Waals surface area contributed by atoms with Gasteiger partial charge in [-0.15, -0.1) is 0 Å². The molecule has 2 atom stereocenters. The van der Waals surface area contributed by atoms with Gasteiger partial charge in [0.1, 0.15) is 5.76 Å². The van der Waals surface area contributed by atoms with Gasteiger partial charge >= 0.3 is 5.97 Å². The summed E-state index contributed by atoms with van der Waals surface area (Å²) in [4.78, 5) is 13.9. The van der Waals surface area contributed by atoms with Gasteiger partial charge in [-0.25, -0.2) is 4.79 Å². The van der Waals surface area contributed by atoms with Crippen LogP contribution in [0, 0.1) is 0 Å². The van der Waals surface area contributed by atoms with Crippen LogP contribution >= 0.6 is 0 Å². The van der Waals surface area contributed by atoms with Gasteiger partial charge in [-0.1, -0.05) is 13.3 Å². The molecule has 5 heteroatoms. The van der Waals surface area contributed by atoms with Crippen LogP contribution in [0.2, 0.25) is 0 Å². The molecule has 0 radical (unpaired) electrons. The molecular formula is C16H25NO4. The molecule has 0 bridgehead atoms. The molecule has 0 spiro atoms. The number of piperidine rings is 1. The highest BCUT2D eigenvalue weighted by Gasteiger charge is 2.28. The fraction of sp³-hybridized carbons (Fsp3) is 0.688. The number of likely N-dealkylation sites (tertiary alicyclic amines) is 1. The molecular weight excluding hydrogens is 270 g/mol. The number of ether oxygens (including phenoxy) is 1. The summed E-state index contributed by atoms with van der Waals surface area (Å²) in [5, 5.41) is 9.94. The minimum atomic E-state index is -0.443. The standard InChI is InChI=1S/C16H25NO4/c1-4-14-12(9-15(21-14)16(19)20-3)10-17-8-6-5-7-13(17)11(2)18/h9,11,13,18H,4-8,10H2,1-3H3/t11-,13+/m1/s1. The zero-order valence-electron chi connectivity index (χ0n) is 13.1. The van der Waals surface area contributed by atoms with Crippen LogP contribution in [0.25, 0.3) is 0 Å². The second-order valence-corrected chi connectivity index (χ2v) is 5.68. The average molecular weight is 295 g/mol. The van der Waals surface area contributed by atoms with E-state index in [1.807, 2.05) is 13.8 Å². The van der Waals surface area contributed by atoms with Gasteiger partial charge in [0, 0.05) is 24.6 Å². The smallest absolute Gasteiger partial charge is 0.373 e. The first-order chi connectivity index (χ1) is 10.1. The van der Waals surface area contributed by atoms with Crippen molar-refractivity contribution in [2.45, 2.75) is 58.2 Å². The fourth-order valence-electron chi connectivity index (χ4n) is 3.08. The van der Waals surface area contributed by atoms with Crippen LogP contribution in [-0.2, 0) is 17.7 Å². The van der Waals surface area contributed by atoms with E-state index in [4.69, 9.17) is 9.15 Å². The number of carbonyl (C=O) groups is 1. The van der Waals surface area contributed by atoms with Gasteiger partial charge in [0.05, 0.1) is 13.2 Å². The van der Waals surface area contributed by atoms with Crippen LogP contribution in [-0.4, -0.2) is 41.8 Å². The fourth-order valence-corrected chi connectivity index (χ4v) is 3.08. The molecule has 118 valence electrons. The van der Waals surface area contributed by atoms with Crippen LogP contribution in [0.1, 0.15) is 55.0 Å². The number of hydrogen-bond donors (Lipinski definition) is 1. The molecule has 1 aliphatic rings. The van der Waals surface area contributed by atoms with Crippen LogP contribution in [0.4, 0.5) is 0 Å². The Hall–Kier alpha value is -1.33.